The van der Waals surface area contributed by atoms with Crippen molar-refractivity contribution in [3.8, 4) is 0 Å². The smallest absolute Gasteiger partial charge is 0.354 e. The zero-order valence-corrected chi connectivity index (χ0v) is 13.4. The minimum absolute atomic E-state index is 0.00543. The fourth-order valence-electron chi connectivity index (χ4n) is 2.85. The van der Waals surface area contributed by atoms with Crippen LogP contribution in [-0.4, -0.2) is 36.2 Å². The molecule has 2 fully saturated rings. The second-order valence-electron chi connectivity index (χ2n) is 6.66. The molecule has 1 aromatic heterocycles. The predicted octanol–water partition coefficient (Wildman–Crippen LogP) is 3.07. The average Bonchev–Trinajstić information content (AvgIpc) is 3.38. The van der Waals surface area contributed by atoms with Gasteiger partial charge in [0.2, 0.25) is 5.91 Å². The SMILES string of the molecule is O=C(NCC1(F)CCN(c2ncc(C(F)(F)F)cc2F)CC1)C1CC1. The molecule has 1 saturated heterocycles. The Balaban J connectivity index is 1.59. The standard InChI is InChI=1S/C16H18F5N3O/c17-12-7-11(16(19,20)21)8-22-13(12)24-5-3-15(18,4-6-24)9-23-14(25)10-1-2-10/h7-8,10H,1-6,9H2,(H,23,25). The molecule has 0 spiro atoms. The van der Waals surface area contributed by atoms with Crippen LogP contribution >= 0.6 is 0 Å². The summed E-state index contributed by atoms with van der Waals surface area (Å²) in [5.74, 6) is -1.44. The van der Waals surface area contributed by atoms with Crippen LogP contribution in [0.5, 0.6) is 0 Å². The van der Waals surface area contributed by atoms with Crippen molar-refractivity contribution in [1.29, 1.82) is 0 Å². The number of anilines is 1. The van der Waals surface area contributed by atoms with E-state index in [0.717, 1.165) is 12.8 Å². The maximum atomic E-state index is 14.7. The molecule has 1 N–H and O–H groups in total. The first kappa shape index (κ1) is 17.9. The topological polar surface area (TPSA) is 45.2 Å². The number of alkyl halides is 4. The number of aromatic nitrogens is 1. The molecule has 0 unspecified atom stereocenters. The van der Waals surface area contributed by atoms with Crippen molar-refractivity contribution in [2.75, 3.05) is 24.5 Å². The molecular formula is C16H18F5N3O. The molecular weight excluding hydrogens is 345 g/mol. The van der Waals surface area contributed by atoms with Crippen molar-refractivity contribution in [1.82, 2.24) is 10.3 Å². The number of amides is 1. The van der Waals surface area contributed by atoms with Gasteiger partial charge in [0.15, 0.2) is 11.6 Å². The van der Waals surface area contributed by atoms with Crippen LogP contribution in [0.25, 0.3) is 0 Å². The Labute approximate surface area is 141 Å². The van der Waals surface area contributed by atoms with E-state index in [1.165, 1.54) is 4.90 Å². The highest BCUT2D eigenvalue weighted by Crippen LogP contribution is 2.34. The van der Waals surface area contributed by atoms with Gasteiger partial charge in [0, 0.05) is 38.0 Å². The van der Waals surface area contributed by atoms with Gasteiger partial charge in [0.1, 0.15) is 5.67 Å². The summed E-state index contributed by atoms with van der Waals surface area (Å²) in [5, 5.41) is 2.60. The lowest BCUT2D eigenvalue weighted by Gasteiger charge is -2.37. The number of rotatable bonds is 4. The Morgan fingerprint density at radius 2 is 1.96 bits per heavy atom. The summed E-state index contributed by atoms with van der Waals surface area (Å²) in [5.41, 5.74) is -2.75. The Morgan fingerprint density at radius 1 is 1.32 bits per heavy atom. The van der Waals surface area contributed by atoms with Crippen LogP contribution in [0.1, 0.15) is 31.2 Å². The van der Waals surface area contributed by atoms with Crippen molar-refractivity contribution in [2.24, 2.45) is 5.92 Å². The number of hydrogen-bond donors (Lipinski definition) is 1. The van der Waals surface area contributed by atoms with Gasteiger partial charge in [-0.25, -0.2) is 13.8 Å². The first-order valence-corrected chi connectivity index (χ1v) is 8.12. The normalized spacial score (nSPS) is 20.4. The van der Waals surface area contributed by atoms with E-state index in [1.807, 2.05) is 0 Å². The van der Waals surface area contributed by atoms with E-state index in [4.69, 9.17) is 0 Å². The molecule has 138 valence electrons. The van der Waals surface area contributed by atoms with Crippen LogP contribution in [0.4, 0.5) is 27.8 Å². The number of carbonyl (C=O) groups excluding carboxylic acids is 1. The third kappa shape index (κ3) is 4.19. The molecule has 0 bridgehead atoms. The molecule has 1 saturated carbocycles. The minimum Gasteiger partial charge on any atom is -0.354 e. The van der Waals surface area contributed by atoms with Gasteiger partial charge in [-0.3, -0.25) is 4.79 Å². The van der Waals surface area contributed by atoms with Gasteiger partial charge >= 0.3 is 6.18 Å². The van der Waals surface area contributed by atoms with Crippen LogP contribution in [0.2, 0.25) is 0 Å². The largest absolute Gasteiger partial charge is 0.417 e. The van der Waals surface area contributed by atoms with Gasteiger partial charge < -0.3 is 10.2 Å². The van der Waals surface area contributed by atoms with Crippen LogP contribution in [0.15, 0.2) is 12.3 Å². The first-order valence-electron chi connectivity index (χ1n) is 8.12. The van der Waals surface area contributed by atoms with E-state index in [0.29, 0.717) is 12.3 Å². The Kier molecular flexibility index (Phi) is 4.59. The van der Waals surface area contributed by atoms with Gasteiger partial charge in [-0.05, 0) is 18.9 Å². The van der Waals surface area contributed by atoms with Gasteiger partial charge in [0.05, 0.1) is 12.1 Å². The average molecular weight is 363 g/mol. The highest BCUT2D eigenvalue weighted by atomic mass is 19.4. The highest BCUT2D eigenvalue weighted by molar-refractivity contribution is 5.80. The maximum absolute atomic E-state index is 14.7. The first-order chi connectivity index (χ1) is 11.7. The van der Waals surface area contributed by atoms with Crippen molar-refractivity contribution in [2.45, 2.75) is 37.5 Å². The Morgan fingerprint density at radius 3 is 2.48 bits per heavy atom. The minimum atomic E-state index is -4.66. The molecule has 2 aliphatic rings. The zero-order valence-electron chi connectivity index (χ0n) is 13.4. The van der Waals surface area contributed by atoms with Gasteiger partial charge in [-0.15, -0.1) is 0 Å². The molecule has 25 heavy (non-hydrogen) atoms. The number of pyridine rings is 1. The molecule has 1 aromatic rings. The lowest BCUT2D eigenvalue weighted by Crippen LogP contribution is -2.49. The molecule has 1 aliphatic heterocycles. The molecule has 1 aliphatic carbocycles. The van der Waals surface area contributed by atoms with E-state index in [2.05, 4.69) is 10.3 Å². The molecule has 3 rings (SSSR count). The highest BCUT2D eigenvalue weighted by Gasteiger charge is 2.38. The summed E-state index contributed by atoms with van der Waals surface area (Å²) in [7, 11) is 0. The fraction of sp³-hybridized carbons (Fsp3) is 0.625. The lowest BCUT2D eigenvalue weighted by molar-refractivity contribution is -0.138. The van der Waals surface area contributed by atoms with E-state index >= 15 is 0 Å². The Hall–Kier alpha value is -1.93. The van der Waals surface area contributed by atoms with Crippen molar-refractivity contribution in [3.63, 3.8) is 0 Å². The fourth-order valence-corrected chi connectivity index (χ4v) is 2.85. The molecule has 2 heterocycles. The van der Waals surface area contributed by atoms with Crippen LogP contribution < -0.4 is 10.2 Å². The molecule has 0 atom stereocenters. The number of carbonyl (C=O) groups is 1. The number of halogens is 5. The second kappa shape index (κ2) is 6.42. The van der Waals surface area contributed by atoms with E-state index in [1.54, 1.807) is 0 Å². The number of nitrogens with zero attached hydrogens (tertiary/aromatic N) is 2. The van der Waals surface area contributed by atoms with Gasteiger partial charge in [-0.1, -0.05) is 0 Å². The third-order valence-electron chi connectivity index (χ3n) is 4.64. The van der Waals surface area contributed by atoms with Crippen LogP contribution in [-0.2, 0) is 11.0 Å². The summed E-state index contributed by atoms with van der Waals surface area (Å²) in [6.45, 7) is 0.134. The summed E-state index contributed by atoms with van der Waals surface area (Å²) in [6, 6.07) is 0.398. The van der Waals surface area contributed by atoms with Gasteiger partial charge in [-0.2, -0.15) is 13.2 Å². The van der Waals surface area contributed by atoms with E-state index in [9.17, 15) is 26.7 Å². The Bertz CT molecular complexity index is 652. The predicted molar refractivity (Wildman–Crippen MR) is 80.2 cm³/mol. The van der Waals surface area contributed by atoms with Crippen LogP contribution in [0.3, 0.4) is 0 Å². The summed E-state index contributed by atoms with van der Waals surface area (Å²) in [6.07, 6.45) is -2.34. The zero-order chi connectivity index (χ0) is 18.2. The number of piperidine rings is 1. The third-order valence-corrected chi connectivity index (χ3v) is 4.64. The van der Waals surface area contributed by atoms with Crippen LogP contribution in [0, 0.1) is 11.7 Å². The molecule has 1 amide bonds. The molecule has 0 aromatic carbocycles. The quantitative estimate of drug-likeness (QED) is 0.837. The van der Waals surface area contributed by atoms with Crippen molar-refractivity contribution in [3.05, 3.63) is 23.6 Å². The molecule has 4 nitrogen and oxygen atoms in total. The summed E-state index contributed by atoms with van der Waals surface area (Å²) >= 11 is 0. The van der Waals surface area contributed by atoms with E-state index < -0.39 is 23.2 Å². The van der Waals surface area contributed by atoms with E-state index in [-0.39, 0.29) is 50.1 Å². The summed E-state index contributed by atoms with van der Waals surface area (Å²) in [4.78, 5) is 16.6. The van der Waals surface area contributed by atoms with Gasteiger partial charge in [0.25, 0.3) is 0 Å². The monoisotopic (exact) mass is 363 g/mol. The maximum Gasteiger partial charge on any atom is 0.417 e. The number of hydrogen-bond acceptors (Lipinski definition) is 3. The van der Waals surface area contributed by atoms with Crippen molar-refractivity contribution < 1.29 is 26.7 Å². The summed E-state index contributed by atoms with van der Waals surface area (Å²) < 4.78 is 66.3. The molecule has 0 radical (unpaired) electrons. The van der Waals surface area contributed by atoms with Crippen molar-refractivity contribution >= 4 is 11.7 Å². The lowest BCUT2D eigenvalue weighted by atomic mass is 9.93. The second-order valence-corrected chi connectivity index (χ2v) is 6.66. The number of nitrogens with one attached hydrogen (secondary N) is 1. The molecule has 9 heteroatoms.